The highest BCUT2D eigenvalue weighted by atomic mass is 16.5. The Morgan fingerprint density at radius 2 is 2.11 bits per heavy atom. The van der Waals surface area contributed by atoms with E-state index in [0.29, 0.717) is 11.3 Å². The summed E-state index contributed by atoms with van der Waals surface area (Å²) in [5, 5.41) is 3.50. The Bertz CT molecular complexity index is 307. The number of likely N-dealkylation sites (tertiary alicyclic amines) is 1. The lowest BCUT2D eigenvalue weighted by molar-refractivity contribution is -0.137. The lowest BCUT2D eigenvalue weighted by atomic mass is 9.80. The molecule has 0 radical (unpaired) electrons. The molecule has 3 heterocycles. The average molecular weight is 252 g/mol. The zero-order valence-electron chi connectivity index (χ0n) is 11.1. The Hall–Kier alpha value is -0.610. The second kappa shape index (κ2) is 5.17. The molecule has 3 rings (SSSR count). The Morgan fingerprint density at radius 1 is 1.28 bits per heavy atom. The van der Waals surface area contributed by atoms with E-state index in [4.69, 9.17) is 4.74 Å². The van der Waals surface area contributed by atoms with E-state index in [0.717, 1.165) is 52.2 Å². The van der Waals surface area contributed by atoms with Gasteiger partial charge in [0.1, 0.15) is 0 Å². The van der Waals surface area contributed by atoms with E-state index in [-0.39, 0.29) is 5.92 Å². The van der Waals surface area contributed by atoms with Crippen molar-refractivity contribution in [3.8, 4) is 0 Å². The summed E-state index contributed by atoms with van der Waals surface area (Å²) in [4.78, 5) is 14.6. The molecule has 3 fully saturated rings. The van der Waals surface area contributed by atoms with Gasteiger partial charge in [-0.15, -0.1) is 0 Å². The van der Waals surface area contributed by atoms with Crippen LogP contribution in [0.15, 0.2) is 0 Å². The van der Waals surface area contributed by atoms with E-state index in [1.54, 1.807) is 0 Å². The van der Waals surface area contributed by atoms with Gasteiger partial charge in [0.25, 0.3) is 0 Å². The number of amides is 1. The fourth-order valence-electron chi connectivity index (χ4n) is 3.70. The number of carbonyl (C=O) groups is 1. The standard InChI is InChI=1S/C14H24N2O2/c17-13(12-2-8-18-9-3-12)16-7-5-14(11-16)4-1-6-15-10-14/h12,15H,1-11H2. The van der Waals surface area contributed by atoms with Crippen LogP contribution in [0, 0.1) is 11.3 Å². The number of nitrogens with zero attached hydrogens (tertiary/aromatic N) is 1. The third kappa shape index (κ3) is 2.41. The molecule has 18 heavy (non-hydrogen) atoms. The largest absolute Gasteiger partial charge is 0.381 e. The molecule has 1 N–H and O–H groups in total. The molecule has 0 aromatic rings. The number of piperidine rings is 1. The van der Waals surface area contributed by atoms with Gasteiger partial charge >= 0.3 is 0 Å². The van der Waals surface area contributed by atoms with Crippen molar-refractivity contribution in [2.75, 3.05) is 39.4 Å². The second-order valence-corrected chi connectivity index (χ2v) is 6.18. The van der Waals surface area contributed by atoms with Crippen LogP contribution in [0.25, 0.3) is 0 Å². The first kappa shape index (κ1) is 12.4. The number of hydrogen-bond donors (Lipinski definition) is 1. The quantitative estimate of drug-likeness (QED) is 0.757. The summed E-state index contributed by atoms with van der Waals surface area (Å²) in [7, 11) is 0. The van der Waals surface area contributed by atoms with Gasteiger partial charge in [0, 0.05) is 44.2 Å². The van der Waals surface area contributed by atoms with Gasteiger partial charge < -0.3 is 15.0 Å². The van der Waals surface area contributed by atoms with E-state index in [2.05, 4.69) is 10.2 Å². The third-order valence-electron chi connectivity index (χ3n) is 4.88. The molecule has 3 aliphatic heterocycles. The first-order valence-corrected chi connectivity index (χ1v) is 7.36. The van der Waals surface area contributed by atoms with Crippen LogP contribution in [0.5, 0.6) is 0 Å². The molecule has 1 spiro atoms. The summed E-state index contributed by atoms with van der Waals surface area (Å²) < 4.78 is 5.34. The highest BCUT2D eigenvalue weighted by molar-refractivity contribution is 5.79. The van der Waals surface area contributed by atoms with Gasteiger partial charge in [-0.25, -0.2) is 0 Å². The number of rotatable bonds is 1. The number of ether oxygens (including phenoxy) is 1. The van der Waals surface area contributed by atoms with E-state index in [1.165, 1.54) is 19.3 Å². The minimum absolute atomic E-state index is 0.227. The first-order valence-electron chi connectivity index (χ1n) is 7.36. The monoisotopic (exact) mass is 252 g/mol. The van der Waals surface area contributed by atoms with E-state index >= 15 is 0 Å². The Kier molecular flexibility index (Phi) is 3.57. The molecule has 1 amide bonds. The van der Waals surface area contributed by atoms with Crippen LogP contribution in [-0.2, 0) is 9.53 Å². The van der Waals surface area contributed by atoms with Crippen molar-refractivity contribution in [1.29, 1.82) is 0 Å². The zero-order chi connectivity index (χ0) is 12.4. The molecular formula is C14H24N2O2. The highest BCUT2D eigenvalue weighted by Gasteiger charge is 2.41. The SMILES string of the molecule is O=C(C1CCOCC1)N1CCC2(CCCNC2)C1. The summed E-state index contributed by atoms with van der Waals surface area (Å²) in [6, 6.07) is 0. The Balaban J connectivity index is 1.59. The highest BCUT2D eigenvalue weighted by Crippen LogP contribution is 2.37. The van der Waals surface area contributed by atoms with Crippen LogP contribution in [0.4, 0.5) is 0 Å². The van der Waals surface area contributed by atoms with Gasteiger partial charge in [0.15, 0.2) is 0 Å². The van der Waals surface area contributed by atoms with E-state index < -0.39 is 0 Å². The van der Waals surface area contributed by atoms with Gasteiger partial charge in [-0.2, -0.15) is 0 Å². The number of carbonyl (C=O) groups excluding carboxylic acids is 1. The summed E-state index contributed by atoms with van der Waals surface area (Å²) >= 11 is 0. The molecule has 0 saturated carbocycles. The van der Waals surface area contributed by atoms with Crippen LogP contribution < -0.4 is 5.32 Å². The van der Waals surface area contributed by atoms with Crippen LogP contribution >= 0.6 is 0 Å². The van der Waals surface area contributed by atoms with Crippen LogP contribution in [-0.4, -0.2) is 50.2 Å². The van der Waals surface area contributed by atoms with Crippen molar-refractivity contribution < 1.29 is 9.53 Å². The van der Waals surface area contributed by atoms with Gasteiger partial charge in [0.05, 0.1) is 0 Å². The molecule has 3 aliphatic rings. The maximum Gasteiger partial charge on any atom is 0.225 e. The fourth-order valence-corrected chi connectivity index (χ4v) is 3.70. The molecule has 3 saturated heterocycles. The molecule has 0 aliphatic carbocycles. The van der Waals surface area contributed by atoms with Crippen molar-refractivity contribution in [1.82, 2.24) is 10.2 Å². The topological polar surface area (TPSA) is 41.6 Å². The summed E-state index contributed by atoms with van der Waals surface area (Å²) in [5.74, 6) is 0.617. The Labute approximate surface area is 109 Å². The van der Waals surface area contributed by atoms with Crippen molar-refractivity contribution in [2.45, 2.75) is 32.1 Å². The molecule has 4 heteroatoms. The first-order chi connectivity index (χ1) is 8.79. The molecular weight excluding hydrogens is 228 g/mol. The number of nitrogens with one attached hydrogen (secondary N) is 1. The predicted molar refractivity (Wildman–Crippen MR) is 69.3 cm³/mol. The van der Waals surface area contributed by atoms with Crippen molar-refractivity contribution in [3.63, 3.8) is 0 Å². The summed E-state index contributed by atoms with van der Waals surface area (Å²) in [5.41, 5.74) is 0.388. The lowest BCUT2D eigenvalue weighted by Crippen LogP contribution is -2.44. The van der Waals surface area contributed by atoms with Crippen molar-refractivity contribution in [2.24, 2.45) is 11.3 Å². The lowest BCUT2D eigenvalue weighted by Gasteiger charge is -2.34. The van der Waals surface area contributed by atoms with Crippen molar-refractivity contribution >= 4 is 5.91 Å². The molecule has 1 atom stereocenters. The molecule has 102 valence electrons. The Morgan fingerprint density at radius 3 is 2.83 bits per heavy atom. The minimum Gasteiger partial charge on any atom is -0.381 e. The van der Waals surface area contributed by atoms with Crippen LogP contribution in [0.1, 0.15) is 32.1 Å². The smallest absolute Gasteiger partial charge is 0.225 e. The van der Waals surface area contributed by atoms with E-state index in [1.807, 2.05) is 0 Å². The molecule has 0 aromatic heterocycles. The molecule has 1 unspecified atom stereocenters. The summed E-state index contributed by atoms with van der Waals surface area (Å²) in [6.07, 6.45) is 5.58. The second-order valence-electron chi connectivity index (χ2n) is 6.18. The van der Waals surface area contributed by atoms with Crippen LogP contribution in [0.3, 0.4) is 0 Å². The van der Waals surface area contributed by atoms with Gasteiger partial charge in [-0.3, -0.25) is 4.79 Å². The minimum atomic E-state index is 0.227. The maximum absolute atomic E-state index is 12.5. The molecule has 0 bridgehead atoms. The predicted octanol–water partition coefficient (Wildman–Crippen LogP) is 1.02. The normalized spacial score (nSPS) is 34.1. The summed E-state index contributed by atoms with van der Waals surface area (Å²) in [6.45, 7) is 5.72. The van der Waals surface area contributed by atoms with E-state index in [9.17, 15) is 4.79 Å². The average Bonchev–Trinajstić information content (AvgIpc) is 2.83. The van der Waals surface area contributed by atoms with Gasteiger partial charge in [-0.1, -0.05) is 0 Å². The van der Waals surface area contributed by atoms with Crippen molar-refractivity contribution in [3.05, 3.63) is 0 Å². The third-order valence-corrected chi connectivity index (χ3v) is 4.88. The maximum atomic E-state index is 12.5. The zero-order valence-corrected chi connectivity index (χ0v) is 11.1. The van der Waals surface area contributed by atoms with Crippen LogP contribution in [0.2, 0.25) is 0 Å². The van der Waals surface area contributed by atoms with Gasteiger partial charge in [0.2, 0.25) is 5.91 Å². The molecule has 4 nitrogen and oxygen atoms in total. The fraction of sp³-hybridized carbons (Fsp3) is 0.929. The number of hydrogen-bond acceptors (Lipinski definition) is 3. The van der Waals surface area contributed by atoms with Gasteiger partial charge in [-0.05, 0) is 38.6 Å². The molecule has 0 aromatic carbocycles.